The molecule has 152 valence electrons. The van der Waals surface area contributed by atoms with Crippen molar-refractivity contribution < 1.29 is 9.59 Å². The molecule has 0 spiro atoms. The van der Waals surface area contributed by atoms with Gasteiger partial charge in [0.15, 0.2) is 0 Å². The molecule has 28 heavy (non-hydrogen) atoms. The molecule has 2 N–H and O–H groups in total. The van der Waals surface area contributed by atoms with Crippen LogP contribution in [0.2, 0.25) is 0 Å². The molecule has 1 aliphatic heterocycles. The first-order valence-electron chi connectivity index (χ1n) is 10.7. The third-order valence-corrected chi connectivity index (χ3v) is 6.76. The second kappa shape index (κ2) is 8.52. The Balaban J connectivity index is 1.13. The molecule has 0 unspecified atom stereocenters. The zero-order valence-electron chi connectivity index (χ0n) is 16.8. The number of piperazine rings is 1. The van der Waals surface area contributed by atoms with E-state index in [0.717, 1.165) is 52.0 Å². The second-order valence-electron chi connectivity index (χ2n) is 8.49. The molecule has 0 bridgehead atoms. The molecular weight excluding hydrogens is 352 g/mol. The van der Waals surface area contributed by atoms with E-state index in [1.54, 1.807) is 0 Å². The highest BCUT2D eigenvalue weighted by atomic mass is 16.2. The minimum Gasteiger partial charge on any atom is -0.340 e. The van der Waals surface area contributed by atoms with Crippen LogP contribution in [0, 0.1) is 5.92 Å². The van der Waals surface area contributed by atoms with Crippen molar-refractivity contribution in [1.29, 1.82) is 0 Å². The summed E-state index contributed by atoms with van der Waals surface area (Å²) in [5.41, 5.74) is 2.69. The number of hydrogen-bond acceptors (Lipinski definition) is 3. The summed E-state index contributed by atoms with van der Waals surface area (Å²) in [5.74, 6) is 0.999. The van der Waals surface area contributed by atoms with Gasteiger partial charge in [0.1, 0.15) is 0 Å². The zero-order chi connectivity index (χ0) is 19.5. The maximum atomic E-state index is 12.3. The smallest absolute Gasteiger partial charge is 0.315 e. The van der Waals surface area contributed by atoms with Gasteiger partial charge in [0.25, 0.3) is 0 Å². The van der Waals surface area contributed by atoms with Crippen LogP contribution in [0.15, 0.2) is 24.3 Å². The van der Waals surface area contributed by atoms with Crippen LogP contribution in [0.5, 0.6) is 0 Å². The van der Waals surface area contributed by atoms with E-state index in [4.69, 9.17) is 0 Å². The number of carbonyl (C=O) groups is 2. The van der Waals surface area contributed by atoms with Gasteiger partial charge in [-0.1, -0.05) is 37.6 Å². The highest BCUT2D eigenvalue weighted by molar-refractivity contribution is 5.79. The highest BCUT2D eigenvalue weighted by Gasteiger charge is 2.31. The van der Waals surface area contributed by atoms with Crippen molar-refractivity contribution in [3.05, 3.63) is 35.4 Å². The van der Waals surface area contributed by atoms with E-state index < -0.39 is 0 Å². The molecule has 4 rings (SSSR count). The predicted molar refractivity (Wildman–Crippen MR) is 109 cm³/mol. The van der Waals surface area contributed by atoms with E-state index in [-0.39, 0.29) is 12.1 Å². The minimum atomic E-state index is -0.0801. The molecule has 0 aromatic heterocycles. The number of hydrogen-bond donors (Lipinski definition) is 2. The van der Waals surface area contributed by atoms with Crippen molar-refractivity contribution in [2.75, 3.05) is 39.3 Å². The monoisotopic (exact) mass is 384 g/mol. The molecule has 1 saturated heterocycles. The van der Waals surface area contributed by atoms with Gasteiger partial charge in [-0.2, -0.15) is 0 Å². The molecule has 1 aromatic carbocycles. The van der Waals surface area contributed by atoms with Crippen molar-refractivity contribution in [2.45, 2.75) is 44.6 Å². The Labute approximate surface area is 167 Å². The molecule has 3 amide bonds. The highest BCUT2D eigenvalue weighted by Crippen LogP contribution is 2.32. The van der Waals surface area contributed by atoms with Crippen molar-refractivity contribution in [2.24, 2.45) is 5.92 Å². The summed E-state index contributed by atoms with van der Waals surface area (Å²) >= 11 is 0. The normalized spacial score (nSPS) is 25.1. The van der Waals surface area contributed by atoms with Crippen LogP contribution in [-0.4, -0.2) is 67.0 Å². The third-order valence-electron chi connectivity index (χ3n) is 6.76. The standard InChI is InChI=1S/C22H32N4O2/c1-16-19-8-3-2-5-18(19)15-20(16)24-22(28)23-9-10-25-11-13-26(14-12-25)21(27)17-6-4-7-17/h2-3,5,8,16-17,20H,4,6-7,9-15H2,1H3,(H2,23,24,28)/t16-,20+/m0/s1. The van der Waals surface area contributed by atoms with Gasteiger partial charge in [0.05, 0.1) is 0 Å². The van der Waals surface area contributed by atoms with Crippen molar-refractivity contribution in [1.82, 2.24) is 20.4 Å². The average Bonchev–Trinajstić information content (AvgIpc) is 2.97. The van der Waals surface area contributed by atoms with Crippen LogP contribution < -0.4 is 10.6 Å². The van der Waals surface area contributed by atoms with E-state index in [1.807, 2.05) is 4.90 Å². The Bertz CT molecular complexity index is 710. The van der Waals surface area contributed by atoms with Crippen molar-refractivity contribution in [3.8, 4) is 0 Å². The van der Waals surface area contributed by atoms with E-state index in [1.165, 1.54) is 17.5 Å². The number of amides is 3. The Hall–Kier alpha value is -2.08. The lowest BCUT2D eigenvalue weighted by atomic mass is 9.84. The largest absolute Gasteiger partial charge is 0.340 e. The number of fused-ring (bicyclic) bond motifs is 1. The first-order chi connectivity index (χ1) is 13.6. The van der Waals surface area contributed by atoms with Gasteiger partial charge in [0.2, 0.25) is 5.91 Å². The first-order valence-corrected chi connectivity index (χ1v) is 10.7. The molecule has 1 aromatic rings. The Morgan fingerprint density at radius 3 is 2.54 bits per heavy atom. The van der Waals surface area contributed by atoms with E-state index in [0.29, 0.717) is 24.3 Å². The van der Waals surface area contributed by atoms with Gasteiger partial charge < -0.3 is 15.5 Å². The fourth-order valence-corrected chi connectivity index (χ4v) is 4.62. The van der Waals surface area contributed by atoms with Crippen LogP contribution in [0.4, 0.5) is 4.79 Å². The number of carbonyl (C=O) groups excluding carboxylic acids is 2. The fraction of sp³-hybridized carbons (Fsp3) is 0.636. The Morgan fingerprint density at radius 1 is 1.11 bits per heavy atom. The molecule has 2 atom stereocenters. The lowest BCUT2D eigenvalue weighted by Gasteiger charge is -2.38. The summed E-state index contributed by atoms with van der Waals surface area (Å²) in [7, 11) is 0. The zero-order valence-corrected chi connectivity index (χ0v) is 16.8. The quantitative estimate of drug-likeness (QED) is 0.816. The molecule has 1 heterocycles. The molecule has 6 heteroatoms. The Morgan fingerprint density at radius 2 is 1.86 bits per heavy atom. The Kier molecular flexibility index (Phi) is 5.85. The predicted octanol–water partition coefficient (Wildman–Crippen LogP) is 1.96. The summed E-state index contributed by atoms with van der Waals surface area (Å²) < 4.78 is 0. The maximum absolute atomic E-state index is 12.3. The summed E-state index contributed by atoms with van der Waals surface area (Å²) in [6.07, 6.45) is 4.25. The van der Waals surface area contributed by atoms with Crippen LogP contribution in [0.1, 0.15) is 43.2 Å². The van der Waals surface area contributed by atoms with E-state index in [9.17, 15) is 9.59 Å². The number of urea groups is 1. The van der Waals surface area contributed by atoms with Gasteiger partial charge in [-0.3, -0.25) is 9.69 Å². The van der Waals surface area contributed by atoms with Gasteiger partial charge >= 0.3 is 6.03 Å². The van der Waals surface area contributed by atoms with Gasteiger partial charge in [0, 0.05) is 57.1 Å². The lowest BCUT2D eigenvalue weighted by Crippen LogP contribution is -2.52. The minimum absolute atomic E-state index is 0.0801. The lowest BCUT2D eigenvalue weighted by molar-refractivity contribution is -0.139. The first kappa shape index (κ1) is 19.2. The van der Waals surface area contributed by atoms with Crippen LogP contribution >= 0.6 is 0 Å². The topological polar surface area (TPSA) is 64.7 Å². The number of rotatable bonds is 5. The summed E-state index contributed by atoms with van der Waals surface area (Å²) in [6.45, 7) is 7.09. The number of benzene rings is 1. The fourth-order valence-electron chi connectivity index (χ4n) is 4.62. The number of nitrogens with one attached hydrogen (secondary N) is 2. The molecule has 6 nitrogen and oxygen atoms in total. The molecule has 3 aliphatic rings. The molecule has 0 radical (unpaired) electrons. The molecule has 1 saturated carbocycles. The molecular formula is C22H32N4O2. The van der Waals surface area contributed by atoms with E-state index in [2.05, 4.69) is 46.7 Å². The van der Waals surface area contributed by atoms with Crippen LogP contribution in [-0.2, 0) is 11.2 Å². The van der Waals surface area contributed by atoms with Crippen LogP contribution in [0.3, 0.4) is 0 Å². The summed E-state index contributed by atoms with van der Waals surface area (Å²) in [5, 5.41) is 6.14. The van der Waals surface area contributed by atoms with Crippen LogP contribution in [0.25, 0.3) is 0 Å². The van der Waals surface area contributed by atoms with Gasteiger partial charge in [-0.05, 0) is 30.4 Å². The average molecular weight is 385 g/mol. The molecule has 2 fully saturated rings. The van der Waals surface area contributed by atoms with Gasteiger partial charge in [-0.15, -0.1) is 0 Å². The second-order valence-corrected chi connectivity index (χ2v) is 8.49. The summed E-state index contributed by atoms with van der Waals surface area (Å²) in [4.78, 5) is 29.0. The summed E-state index contributed by atoms with van der Waals surface area (Å²) in [6, 6.07) is 8.53. The SMILES string of the molecule is C[C@H]1c2ccccc2C[C@H]1NC(=O)NCCN1CCN(C(=O)C2CCC2)CC1. The molecule has 2 aliphatic carbocycles. The maximum Gasteiger partial charge on any atom is 0.315 e. The van der Waals surface area contributed by atoms with E-state index >= 15 is 0 Å². The van der Waals surface area contributed by atoms with Crippen molar-refractivity contribution in [3.63, 3.8) is 0 Å². The van der Waals surface area contributed by atoms with Crippen molar-refractivity contribution >= 4 is 11.9 Å². The third kappa shape index (κ3) is 4.17. The van der Waals surface area contributed by atoms with Gasteiger partial charge in [-0.25, -0.2) is 4.79 Å². The number of nitrogens with zero attached hydrogens (tertiary/aromatic N) is 2.